The van der Waals surface area contributed by atoms with E-state index in [0.29, 0.717) is 12.2 Å². The van der Waals surface area contributed by atoms with Crippen LogP contribution < -0.4 is 10.6 Å². The largest absolute Gasteiger partial charge is 0.379 e. The molecule has 1 saturated heterocycles. The van der Waals surface area contributed by atoms with Crippen molar-refractivity contribution in [3.63, 3.8) is 0 Å². The van der Waals surface area contributed by atoms with Gasteiger partial charge in [0.1, 0.15) is 5.82 Å². The molecule has 1 aromatic rings. The van der Waals surface area contributed by atoms with E-state index in [2.05, 4.69) is 9.80 Å². The Morgan fingerprint density at radius 1 is 1.20 bits per heavy atom. The number of morpholine rings is 1. The average Bonchev–Trinajstić information content (AvgIpc) is 2.49. The minimum Gasteiger partial charge on any atom is -0.379 e. The fourth-order valence-corrected chi connectivity index (χ4v) is 2.43. The van der Waals surface area contributed by atoms with E-state index >= 15 is 0 Å². The molecule has 0 spiro atoms. The van der Waals surface area contributed by atoms with E-state index in [1.54, 1.807) is 6.07 Å². The number of nitrogens with two attached hydrogens (primary N) is 1. The Balaban J connectivity index is 1.94. The number of rotatable bonds is 7. The van der Waals surface area contributed by atoms with Gasteiger partial charge in [-0.2, -0.15) is 0 Å². The highest BCUT2D eigenvalue weighted by Gasteiger charge is 2.14. The van der Waals surface area contributed by atoms with Crippen LogP contribution in [0.1, 0.15) is 6.42 Å². The monoisotopic (exact) mass is 281 g/mol. The van der Waals surface area contributed by atoms with E-state index < -0.39 is 0 Å². The Bertz CT molecular complexity index is 396. The van der Waals surface area contributed by atoms with Gasteiger partial charge in [0.15, 0.2) is 0 Å². The van der Waals surface area contributed by atoms with Crippen LogP contribution in [0.4, 0.5) is 10.1 Å². The third kappa shape index (κ3) is 4.44. The zero-order valence-corrected chi connectivity index (χ0v) is 11.9. The molecule has 2 N–H and O–H groups in total. The lowest BCUT2D eigenvalue weighted by molar-refractivity contribution is 0.0391. The van der Waals surface area contributed by atoms with Gasteiger partial charge in [-0.25, -0.2) is 4.39 Å². The second-order valence-corrected chi connectivity index (χ2v) is 5.03. The van der Waals surface area contributed by atoms with Gasteiger partial charge in [-0.05, 0) is 25.1 Å². The van der Waals surface area contributed by atoms with Crippen molar-refractivity contribution >= 4 is 5.69 Å². The SMILES string of the molecule is NCCCN(CCN1CCOCC1)c1ccccc1F. The predicted molar refractivity (Wildman–Crippen MR) is 79.5 cm³/mol. The summed E-state index contributed by atoms with van der Waals surface area (Å²) in [6.07, 6.45) is 0.872. The van der Waals surface area contributed by atoms with Gasteiger partial charge in [-0.15, -0.1) is 0 Å². The van der Waals surface area contributed by atoms with Crippen molar-refractivity contribution < 1.29 is 9.13 Å². The molecule has 0 aromatic heterocycles. The maximum absolute atomic E-state index is 13.9. The van der Waals surface area contributed by atoms with Gasteiger partial charge < -0.3 is 15.4 Å². The van der Waals surface area contributed by atoms with Crippen molar-refractivity contribution in [2.45, 2.75) is 6.42 Å². The molecule has 1 aromatic carbocycles. The van der Waals surface area contributed by atoms with Crippen molar-refractivity contribution in [2.24, 2.45) is 5.73 Å². The summed E-state index contributed by atoms with van der Waals surface area (Å²) in [4.78, 5) is 4.46. The molecule has 2 rings (SSSR count). The van der Waals surface area contributed by atoms with Crippen LogP contribution in [-0.4, -0.2) is 57.4 Å². The normalized spacial score (nSPS) is 16.3. The summed E-state index contributed by atoms with van der Waals surface area (Å²) in [7, 11) is 0. The number of ether oxygens (including phenoxy) is 1. The van der Waals surface area contributed by atoms with E-state index in [1.807, 2.05) is 12.1 Å². The lowest BCUT2D eigenvalue weighted by atomic mass is 10.2. The summed E-state index contributed by atoms with van der Waals surface area (Å²) in [5, 5.41) is 0. The van der Waals surface area contributed by atoms with Crippen molar-refractivity contribution in [1.82, 2.24) is 4.90 Å². The molecule has 5 heteroatoms. The van der Waals surface area contributed by atoms with E-state index in [1.165, 1.54) is 6.07 Å². The molecule has 0 unspecified atom stereocenters. The first-order valence-electron chi connectivity index (χ1n) is 7.31. The second-order valence-electron chi connectivity index (χ2n) is 5.03. The molecule has 20 heavy (non-hydrogen) atoms. The van der Waals surface area contributed by atoms with Crippen LogP contribution in [0.2, 0.25) is 0 Å². The van der Waals surface area contributed by atoms with Crippen LogP contribution in [0.25, 0.3) is 0 Å². The Morgan fingerprint density at radius 3 is 2.65 bits per heavy atom. The maximum Gasteiger partial charge on any atom is 0.146 e. The molecule has 1 aliphatic rings. The highest BCUT2D eigenvalue weighted by atomic mass is 19.1. The molecule has 0 saturated carbocycles. The van der Waals surface area contributed by atoms with Crippen molar-refractivity contribution in [1.29, 1.82) is 0 Å². The number of hydrogen-bond donors (Lipinski definition) is 1. The molecular formula is C15H24FN3O. The lowest BCUT2D eigenvalue weighted by Gasteiger charge is -2.31. The minimum absolute atomic E-state index is 0.161. The fourth-order valence-electron chi connectivity index (χ4n) is 2.43. The summed E-state index contributed by atoms with van der Waals surface area (Å²) in [5.41, 5.74) is 6.26. The highest BCUT2D eigenvalue weighted by molar-refractivity contribution is 5.47. The van der Waals surface area contributed by atoms with Crippen LogP contribution >= 0.6 is 0 Å². The maximum atomic E-state index is 13.9. The lowest BCUT2D eigenvalue weighted by Crippen LogP contribution is -2.42. The molecule has 0 radical (unpaired) electrons. The molecule has 1 fully saturated rings. The number of hydrogen-bond acceptors (Lipinski definition) is 4. The van der Waals surface area contributed by atoms with Crippen LogP contribution in [0, 0.1) is 5.82 Å². The first kappa shape index (κ1) is 15.2. The first-order valence-corrected chi connectivity index (χ1v) is 7.31. The topological polar surface area (TPSA) is 41.7 Å². The summed E-state index contributed by atoms with van der Waals surface area (Å²) < 4.78 is 19.3. The molecule has 0 bridgehead atoms. The van der Waals surface area contributed by atoms with Gasteiger partial charge >= 0.3 is 0 Å². The zero-order chi connectivity index (χ0) is 14.2. The van der Waals surface area contributed by atoms with Crippen LogP contribution in [0.15, 0.2) is 24.3 Å². The van der Waals surface area contributed by atoms with Crippen LogP contribution in [0.5, 0.6) is 0 Å². The number of benzene rings is 1. The summed E-state index contributed by atoms with van der Waals surface area (Å²) in [6.45, 7) is 6.68. The third-order valence-corrected chi connectivity index (χ3v) is 3.62. The smallest absolute Gasteiger partial charge is 0.146 e. The van der Waals surface area contributed by atoms with Gasteiger partial charge in [0.25, 0.3) is 0 Å². The van der Waals surface area contributed by atoms with Gasteiger partial charge in [0.2, 0.25) is 0 Å². The quantitative estimate of drug-likeness (QED) is 0.818. The van der Waals surface area contributed by atoms with E-state index in [4.69, 9.17) is 10.5 Å². The number of nitrogens with zero attached hydrogens (tertiary/aromatic N) is 2. The molecule has 0 amide bonds. The van der Waals surface area contributed by atoms with Crippen molar-refractivity contribution in [2.75, 3.05) is 57.4 Å². The highest BCUT2D eigenvalue weighted by Crippen LogP contribution is 2.18. The van der Waals surface area contributed by atoms with E-state index in [0.717, 1.165) is 52.4 Å². The number of halogens is 1. The van der Waals surface area contributed by atoms with E-state index in [9.17, 15) is 4.39 Å². The predicted octanol–water partition coefficient (Wildman–Crippen LogP) is 1.31. The molecule has 1 aliphatic heterocycles. The third-order valence-electron chi connectivity index (χ3n) is 3.62. The Labute approximate surface area is 120 Å². The van der Waals surface area contributed by atoms with Gasteiger partial charge in [0.05, 0.1) is 18.9 Å². The zero-order valence-electron chi connectivity index (χ0n) is 11.9. The Hall–Kier alpha value is -1.17. The van der Waals surface area contributed by atoms with Crippen LogP contribution in [0.3, 0.4) is 0 Å². The second kappa shape index (κ2) is 8.19. The molecule has 4 nitrogen and oxygen atoms in total. The molecule has 1 heterocycles. The fraction of sp³-hybridized carbons (Fsp3) is 0.600. The summed E-state index contributed by atoms with van der Waals surface area (Å²) >= 11 is 0. The molecular weight excluding hydrogens is 257 g/mol. The summed E-state index contributed by atoms with van der Waals surface area (Å²) in [6, 6.07) is 6.95. The van der Waals surface area contributed by atoms with Crippen LogP contribution in [-0.2, 0) is 4.74 Å². The van der Waals surface area contributed by atoms with Gasteiger partial charge in [-0.3, -0.25) is 4.90 Å². The van der Waals surface area contributed by atoms with Crippen molar-refractivity contribution in [3.05, 3.63) is 30.1 Å². The van der Waals surface area contributed by atoms with E-state index in [-0.39, 0.29) is 5.82 Å². The van der Waals surface area contributed by atoms with Gasteiger partial charge in [0, 0.05) is 32.7 Å². The molecule has 0 aliphatic carbocycles. The number of para-hydroxylation sites is 1. The Morgan fingerprint density at radius 2 is 1.95 bits per heavy atom. The standard InChI is InChI=1S/C15H24FN3O/c16-14-4-1-2-5-15(14)19(7-3-6-17)9-8-18-10-12-20-13-11-18/h1-2,4-5H,3,6-13,17H2. The first-order chi connectivity index (χ1) is 9.81. The molecule has 0 atom stereocenters. The molecule has 112 valence electrons. The number of anilines is 1. The van der Waals surface area contributed by atoms with Crippen molar-refractivity contribution in [3.8, 4) is 0 Å². The average molecular weight is 281 g/mol. The summed E-state index contributed by atoms with van der Waals surface area (Å²) in [5.74, 6) is -0.161. The minimum atomic E-state index is -0.161. The van der Waals surface area contributed by atoms with Gasteiger partial charge in [-0.1, -0.05) is 12.1 Å². The Kier molecular flexibility index (Phi) is 6.24.